The summed E-state index contributed by atoms with van der Waals surface area (Å²) in [5.74, 6) is -0.314. The summed E-state index contributed by atoms with van der Waals surface area (Å²) in [6, 6.07) is 22.4. The van der Waals surface area contributed by atoms with Crippen LogP contribution in [0.15, 0.2) is 72.8 Å². The lowest BCUT2D eigenvalue weighted by molar-refractivity contribution is -0.123. The number of ether oxygens (including phenoxy) is 1. The van der Waals surface area contributed by atoms with Crippen molar-refractivity contribution in [2.75, 3.05) is 30.3 Å². The van der Waals surface area contributed by atoms with Gasteiger partial charge in [-0.2, -0.15) is 5.10 Å². The number of nitrogens with zero attached hydrogens (tertiary/aromatic N) is 3. The van der Waals surface area contributed by atoms with Gasteiger partial charge in [0.1, 0.15) is 18.2 Å². The summed E-state index contributed by atoms with van der Waals surface area (Å²) in [6.45, 7) is 4.92. The predicted molar refractivity (Wildman–Crippen MR) is 164 cm³/mol. The first-order chi connectivity index (χ1) is 20.4. The van der Waals surface area contributed by atoms with Crippen LogP contribution in [0.25, 0.3) is 16.9 Å². The minimum absolute atomic E-state index is 0.0178. The Morgan fingerprint density at radius 2 is 1.88 bits per heavy atom. The lowest BCUT2D eigenvalue weighted by Gasteiger charge is -2.24. The van der Waals surface area contributed by atoms with Gasteiger partial charge in [0.05, 0.1) is 28.5 Å². The van der Waals surface area contributed by atoms with Gasteiger partial charge < -0.3 is 10.1 Å². The maximum atomic E-state index is 15.4. The van der Waals surface area contributed by atoms with Crippen LogP contribution in [-0.4, -0.2) is 53.1 Å². The van der Waals surface area contributed by atoms with Gasteiger partial charge in [-0.3, -0.25) is 14.5 Å². The normalized spacial score (nSPS) is 18.5. The SMILES string of the molecule is Cc1ccc(-n2nc(-c3ccccc3)c3c2N(CC(=O)NC[C@@H]2CCCO2)C(=O)CS[C@@H]3c2ccccc2F)c(C)c1. The molecule has 2 aliphatic heterocycles. The number of nitrogens with one attached hydrogen (secondary N) is 1. The number of carbonyl (C=O) groups is 2. The van der Waals surface area contributed by atoms with Crippen LogP contribution in [0.2, 0.25) is 0 Å². The largest absolute Gasteiger partial charge is 0.376 e. The van der Waals surface area contributed by atoms with Crippen molar-refractivity contribution in [2.24, 2.45) is 0 Å². The van der Waals surface area contributed by atoms with Gasteiger partial charge in [-0.05, 0) is 44.4 Å². The number of aromatic nitrogens is 2. The zero-order chi connectivity index (χ0) is 29.2. The van der Waals surface area contributed by atoms with Gasteiger partial charge in [0.25, 0.3) is 0 Å². The van der Waals surface area contributed by atoms with Gasteiger partial charge in [0.2, 0.25) is 11.8 Å². The Morgan fingerprint density at radius 3 is 2.62 bits per heavy atom. The van der Waals surface area contributed by atoms with Crippen LogP contribution in [0.4, 0.5) is 10.2 Å². The molecule has 3 heterocycles. The van der Waals surface area contributed by atoms with Gasteiger partial charge in [-0.15, -0.1) is 11.8 Å². The van der Waals surface area contributed by atoms with Crippen molar-refractivity contribution in [1.29, 1.82) is 0 Å². The van der Waals surface area contributed by atoms with Crippen LogP contribution < -0.4 is 10.2 Å². The molecule has 0 radical (unpaired) electrons. The number of carbonyl (C=O) groups excluding carboxylic acids is 2. The van der Waals surface area contributed by atoms with Crippen molar-refractivity contribution in [2.45, 2.75) is 38.0 Å². The molecule has 2 atom stereocenters. The van der Waals surface area contributed by atoms with Crippen LogP contribution in [0, 0.1) is 19.7 Å². The molecule has 0 unspecified atom stereocenters. The van der Waals surface area contributed by atoms with Crippen LogP contribution in [0.1, 0.15) is 40.3 Å². The molecule has 4 aromatic rings. The summed E-state index contributed by atoms with van der Waals surface area (Å²) >= 11 is 1.35. The molecule has 9 heteroatoms. The number of halogens is 1. The van der Waals surface area contributed by atoms with Gasteiger partial charge >= 0.3 is 0 Å². The lowest BCUT2D eigenvalue weighted by Crippen LogP contribution is -2.44. The van der Waals surface area contributed by atoms with E-state index in [-0.39, 0.29) is 36.0 Å². The molecule has 2 amide bonds. The van der Waals surface area contributed by atoms with E-state index in [1.165, 1.54) is 22.7 Å². The number of hydrogen-bond donors (Lipinski definition) is 1. The molecule has 216 valence electrons. The topological polar surface area (TPSA) is 76.5 Å². The Labute approximate surface area is 249 Å². The summed E-state index contributed by atoms with van der Waals surface area (Å²) in [4.78, 5) is 28.7. The average Bonchev–Trinajstić information content (AvgIpc) is 3.62. The molecule has 2 aliphatic rings. The Balaban J connectivity index is 1.55. The van der Waals surface area contributed by atoms with Gasteiger partial charge in [-0.25, -0.2) is 9.07 Å². The van der Waals surface area contributed by atoms with E-state index in [1.54, 1.807) is 22.9 Å². The fraction of sp³-hybridized carbons (Fsp3) is 0.303. The molecule has 42 heavy (non-hydrogen) atoms. The minimum Gasteiger partial charge on any atom is -0.376 e. The summed E-state index contributed by atoms with van der Waals surface area (Å²) in [6.07, 6.45) is 1.85. The smallest absolute Gasteiger partial charge is 0.240 e. The third kappa shape index (κ3) is 5.58. The molecule has 0 saturated carbocycles. The van der Waals surface area contributed by atoms with Gasteiger partial charge in [0.15, 0.2) is 0 Å². The molecule has 1 fully saturated rings. The predicted octanol–water partition coefficient (Wildman–Crippen LogP) is 5.76. The number of rotatable bonds is 7. The highest BCUT2D eigenvalue weighted by Gasteiger charge is 2.38. The third-order valence-corrected chi connectivity index (χ3v) is 8.99. The van der Waals surface area contributed by atoms with Crippen molar-refractivity contribution in [3.8, 4) is 16.9 Å². The van der Waals surface area contributed by atoms with Crippen molar-refractivity contribution in [1.82, 2.24) is 15.1 Å². The van der Waals surface area contributed by atoms with Crippen LogP contribution in [0.5, 0.6) is 0 Å². The fourth-order valence-corrected chi connectivity index (χ4v) is 6.92. The maximum absolute atomic E-state index is 15.4. The molecule has 0 aliphatic carbocycles. The monoisotopic (exact) mass is 584 g/mol. The number of amides is 2. The zero-order valence-corrected chi connectivity index (χ0v) is 24.5. The second kappa shape index (κ2) is 12.1. The lowest BCUT2D eigenvalue weighted by atomic mass is 9.99. The molecule has 7 nitrogen and oxygen atoms in total. The van der Waals surface area contributed by atoms with E-state index in [2.05, 4.69) is 11.4 Å². The zero-order valence-electron chi connectivity index (χ0n) is 23.7. The first-order valence-corrected chi connectivity index (χ1v) is 15.3. The molecule has 0 bridgehead atoms. The highest BCUT2D eigenvalue weighted by atomic mass is 32.2. The molecular formula is C33H33FN4O3S. The Kier molecular flexibility index (Phi) is 8.13. The van der Waals surface area contributed by atoms with E-state index in [0.717, 1.165) is 35.2 Å². The minimum atomic E-state index is -0.528. The molecule has 1 saturated heterocycles. The second-order valence-corrected chi connectivity index (χ2v) is 11.9. The second-order valence-electron chi connectivity index (χ2n) is 10.8. The van der Waals surface area contributed by atoms with Crippen molar-refractivity contribution < 1.29 is 18.7 Å². The van der Waals surface area contributed by atoms with E-state index in [9.17, 15) is 9.59 Å². The molecular weight excluding hydrogens is 551 g/mol. The summed E-state index contributed by atoms with van der Waals surface area (Å²) < 4.78 is 22.8. The van der Waals surface area contributed by atoms with Crippen molar-refractivity contribution in [3.63, 3.8) is 0 Å². The molecule has 6 rings (SSSR count). The highest BCUT2D eigenvalue weighted by molar-refractivity contribution is 8.00. The van der Waals surface area contributed by atoms with E-state index in [0.29, 0.717) is 35.8 Å². The van der Waals surface area contributed by atoms with Crippen LogP contribution >= 0.6 is 11.8 Å². The molecule has 1 N–H and O–H groups in total. The Bertz CT molecular complexity index is 1620. The summed E-state index contributed by atoms with van der Waals surface area (Å²) in [5.41, 5.74) is 5.51. The number of fused-ring (bicyclic) bond motifs is 1. The summed E-state index contributed by atoms with van der Waals surface area (Å²) in [7, 11) is 0. The Morgan fingerprint density at radius 1 is 1.10 bits per heavy atom. The number of anilines is 1. The van der Waals surface area contributed by atoms with Crippen molar-refractivity contribution in [3.05, 3.63) is 101 Å². The first kappa shape index (κ1) is 28.2. The van der Waals surface area contributed by atoms with Crippen LogP contribution in [-0.2, 0) is 14.3 Å². The number of thioether (sulfide) groups is 1. The van der Waals surface area contributed by atoms with E-state index < -0.39 is 5.25 Å². The molecule has 0 spiro atoms. The number of hydrogen-bond acceptors (Lipinski definition) is 5. The number of benzene rings is 3. The fourth-order valence-electron chi connectivity index (χ4n) is 5.71. The van der Waals surface area contributed by atoms with Gasteiger partial charge in [0, 0.05) is 29.8 Å². The van der Waals surface area contributed by atoms with Crippen LogP contribution in [0.3, 0.4) is 0 Å². The quantitative estimate of drug-likeness (QED) is 0.299. The third-order valence-electron chi connectivity index (χ3n) is 7.76. The van der Waals surface area contributed by atoms with Crippen molar-refractivity contribution >= 4 is 29.4 Å². The van der Waals surface area contributed by atoms with Gasteiger partial charge in [-0.1, -0.05) is 66.2 Å². The maximum Gasteiger partial charge on any atom is 0.240 e. The number of aryl methyl sites for hydroxylation is 2. The van der Waals surface area contributed by atoms with E-state index >= 15 is 4.39 Å². The standard InChI is InChI=1S/C33H33FN4O3S/c1-21-14-15-27(22(2)17-21)38-33-30(31(36-38)23-9-4-3-5-10-23)32(25-12-6-7-13-26(25)34)42-20-29(40)37(33)19-28(39)35-18-24-11-8-16-41-24/h3-7,9-10,12-15,17,24,32H,8,11,16,18-20H2,1-2H3,(H,35,39)/t24-,32+/m0/s1. The van der Waals surface area contributed by atoms with E-state index in [1.807, 2.05) is 56.3 Å². The highest BCUT2D eigenvalue weighted by Crippen LogP contribution is 2.49. The molecule has 1 aromatic heterocycles. The first-order valence-electron chi connectivity index (χ1n) is 14.2. The average molecular weight is 585 g/mol. The summed E-state index contributed by atoms with van der Waals surface area (Å²) in [5, 5.41) is 7.54. The van der Waals surface area contributed by atoms with E-state index in [4.69, 9.17) is 9.84 Å². The molecule has 3 aromatic carbocycles. The Hall–Kier alpha value is -3.95.